The molecule has 1 rings (SSSR count). The van der Waals surface area contributed by atoms with Gasteiger partial charge in [-0.2, -0.15) is 0 Å². The first-order valence-corrected chi connectivity index (χ1v) is 7.45. The Labute approximate surface area is 125 Å². The maximum Gasteiger partial charge on any atom is 0.0915 e. The summed E-state index contributed by atoms with van der Waals surface area (Å²) < 4.78 is 0. The minimum absolute atomic E-state index is 0.354. The summed E-state index contributed by atoms with van der Waals surface area (Å²) in [5.74, 6) is 0. The molecule has 0 heterocycles. The molecule has 0 radical (unpaired) electrons. The SMILES string of the molecule is CCCCCCNC[C@@H](O)c1cc(Cl)c(N)c(Cl)c1. The average molecular weight is 305 g/mol. The maximum absolute atomic E-state index is 10.0. The molecule has 0 unspecified atom stereocenters. The highest BCUT2D eigenvalue weighted by atomic mass is 35.5. The van der Waals surface area contributed by atoms with Gasteiger partial charge >= 0.3 is 0 Å². The summed E-state index contributed by atoms with van der Waals surface area (Å²) in [6, 6.07) is 3.32. The third-order valence-corrected chi connectivity index (χ3v) is 3.66. The van der Waals surface area contributed by atoms with Crippen LogP contribution in [0.25, 0.3) is 0 Å². The molecule has 1 aromatic rings. The van der Waals surface area contributed by atoms with Crippen molar-refractivity contribution in [2.75, 3.05) is 18.8 Å². The number of nitrogens with two attached hydrogens (primary N) is 1. The number of aliphatic hydroxyl groups is 1. The summed E-state index contributed by atoms with van der Waals surface area (Å²) in [6.07, 6.45) is 4.21. The molecule has 1 aromatic carbocycles. The zero-order valence-electron chi connectivity index (χ0n) is 11.3. The van der Waals surface area contributed by atoms with E-state index in [9.17, 15) is 5.11 Å². The van der Waals surface area contributed by atoms with E-state index in [-0.39, 0.29) is 0 Å². The lowest BCUT2D eigenvalue weighted by Crippen LogP contribution is -2.22. The molecule has 0 spiro atoms. The van der Waals surface area contributed by atoms with Crippen LogP contribution in [0, 0.1) is 0 Å². The Bertz CT molecular complexity index is 376. The molecule has 0 aliphatic heterocycles. The summed E-state index contributed by atoms with van der Waals surface area (Å²) in [7, 11) is 0. The van der Waals surface area contributed by atoms with Crippen molar-refractivity contribution in [1.29, 1.82) is 0 Å². The highest BCUT2D eigenvalue weighted by Gasteiger charge is 2.11. The van der Waals surface area contributed by atoms with Gasteiger partial charge in [0.05, 0.1) is 21.8 Å². The van der Waals surface area contributed by atoms with Gasteiger partial charge in [0.15, 0.2) is 0 Å². The fraction of sp³-hybridized carbons (Fsp3) is 0.571. The lowest BCUT2D eigenvalue weighted by atomic mass is 10.1. The van der Waals surface area contributed by atoms with Gasteiger partial charge in [0.1, 0.15) is 0 Å². The van der Waals surface area contributed by atoms with Crippen LogP contribution in [-0.2, 0) is 0 Å². The first-order valence-electron chi connectivity index (χ1n) is 6.69. The minimum atomic E-state index is -0.623. The lowest BCUT2D eigenvalue weighted by Gasteiger charge is -2.14. The highest BCUT2D eigenvalue weighted by Crippen LogP contribution is 2.31. The topological polar surface area (TPSA) is 58.3 Å². The molecule has 4 N–H and O–H groups in total. The molecule has 0 bridgehead atoms. The highest BCUT2D eigenvalue weighted by molar-refractivity contribution is 6.38. The third-order valence-electron chi connectivity index (χ3n) is 3.03. The molecule has 0 fully saturated rings. The molecule has 0 saturated carbocycles. The van der Waals surface area contributed by atoms with E-state index in [4.69, 9.17) is 28.9 Å². The van der Waals surface area contributed by atoms with Gasteiger partial charge in [-0.3, -0.25) is 0 Å². The summed E-state index contributed by atoms with van der Waals surface area (Å²) in [4.78, 5) is 0. The van der Waals surface area contributed by atoms with Crippen LogP contribution in [0.15, 0.2) is 12.1 Å². The molecule has 0 aromatic heterocycles. The molecular formula is C14H22Cl2N2O. The summed E-state index contributed by atoms with van der Waals surface area (Å²) in [5.41, 5.74) is 6.70. The lowest BCUT2D eigenvalue weighted by molar-refractivity contribution is 0.174. The Morgan fingerprint density at radius 3 is 2.42 bits per heavy atom. The van der Waals surface area contributed by atoms with E-state index in [0.29, 0.717) is 27.8 Å². The number of hydrogen-bond acceptors (Lipinski definition) is 3. The van der Waals surface area contributed by atoms with Crippen LogP contribution in [-0.4, -0.2) is 18.2 Å². The Morgan fingerprint density at radius 2 is 1.84 bits per heavy atom. The third kappa shape index (κ3) is 5.57. The van der Waals surface area contributed by atoms with E-state index >= 15 is 0 Å². The number of halogens is 2. The average Bonchev–Trinajstić information content (AvgIpc) is 2.39. The Balaban J connectivity index is 2.39. The molecule has 19 heavy (non-hydrogen) atoms. The van der Waals surface area contributed by atoms with Crippen molar-refractivity contribution in [3.8, 4) is 0 Å². The van der Waals surface area contributed by atoms with Gasteiger partial charge in [-0.1, -0.05) is 49.4 Å². The van der Waals surface area contributed by atoms with Crippen molar-refractivity contribution in [2.24, 2.45) is 0 Å². The van der Waals surface area contributed by atoms with E-state index in [0.717, 1.165) is 13.0 Å². The van der Waals surface area contributed by atoms with Gasteiger partial charge in [0.2, 0.25) is 0 Å². The van der Waals surface area contributed by atoms with Gasteiger partial charge in [-0.25, -0.2) is 0 Å². The maximum atomic E-state index is 10.0. The molecule has 5 heteroatoms. The predicted octanol–water partition coefficient (Wildman–Crippen LogP) is 3.78. The largest absolute Gasteiger partial charge is 0.396 e. The molecular weight excluding hydrogens is 283 g/mol. The number of nitrogens with one attached hydrogen (secondary N) is 1. The van der Waals surface area contributed by atoms with Gasteiger partial charge in [0, 0.05) is 6.54 Å². The standard InChI is InChI=1S/C14H22Cl2N2O/c1-2-3-4-5-6-18-9-13(19)10-7-11(15)14(17)12(16)8-10/h7-8,13,18-19H,2-6,9,17H2,1H3/t13-/m1/s1. The van der Waals surface area contributed by atoms with Crippen LogP contribution in [0.4, 0.5) is 5.69 Å². The van der Waals surface area contributed by atoms with Crippen LogP contribution in [0.3, 0.4) is 0 Å². The van der Waals surface area contributed by atoms with Crippen molar-refractivity contribution in [3.05, 3.63) is 27.7 Å². The monoisotopic (exact) mass is 304 g/mol. The first-order chi connectivity index (χ1) is 9.06. The van der Waals surface area contributed by atoms with Crippen molar-refractivity contribution >= 4 is 28.9 Å². The van der Waals surface area contributed by atoms with Crippen molar-refractivity contribution in [3.63, 3.8) is 0 Å². The molecule has 0 saturated heterocycles. The summed E-state index contributed by atoms with van der Waals surface area (Å²) in [5, 5.41) is 14.0. The van der Waals surface area contributed by atoms with E-state index in [1.807, 2.05) is 0 Å². The van der Waals surface area contributed by atoms with Gasteiger partial charge in [0.25, 0.3) is 0 Å². The fourth-order valence-corrected chi connectivity index (χ4v) is 2.33. The fourth-order valence-electron chi connectivity index (χ4n) is 1.83. The van der Waals surface area contributed by atoms with Crippen LogP contribution in [0.5, 0.6) is 0 Å². The van der Waals surface area contributed by atoms with Crippen molar-refractivity contribution in [2.45, 2.75) is 38.7 Å². The molecule has 3 nitrogen and oxygen atoms in total. The summed E-state index contributed by atoms with van der Waals surface area (Å²) >= 11 is 11.9. The molecule has 0 aliphatic rings. The number of rotatable bonds is 8. The second-order valence-electron chi connectivity index (χ2n) is 4.68. The smallest absolute Gasteiger partial charge is 0.0915 e. The number of nitrogen functional groups attached to an aromatic ring is 1. The zero-order chi connectivity index (χ0) is 14.3. The molecule has 0 amide bonds. The first kappa shape index (κ1) is 16.6. The van der Waals surface area contributed by atoms with E-state index in [1.165, 1.54) is 19.3 Å². The van der Waals surface area contributed by atoms with E-state index < -0.39 is 6.10 Å². The number of hydrogen-bond donors (Lipinski definition) is 3. The van der Waals surface area contributed by atoms with Crippen LogP contribution < -0.4 is 11.1 Å². The second-order valence-corrected chi connectivity index (χ2v) is 5.49. The van der Waals surface area contributed by atoms with Crippen LogP contribution in [0.2, 0.25) is 10.0 Å². The van der Waals surface area contributed by atoms with E-state index in [1.54, 1.807) is 12.1 Å². The molecule has 1 atom stereocenters. The van der Waals surface area contributed by atoms with Crippen LogP contribution >= 0.6 is 23.2 Å². The van der Waals surface area contributed by atoms with Gasteiger partial charge in [-0.05, 0) is 30.7 Å². The van der Waals surface area contributed by atoms with Crippen molar-refractivity contribution in [1.82, 2.24) is 5.32 Å². The minimum Gasteiger partial charge on any atom is -0.396 e. The number of anilines is 1. The Hall–Kier alpha value is -0.480. The van der Waals surface area contributed by atoms with E-state index in [2.05, 4.69) is 12.2 Å². The van der Waals surface area contributed by atoms with Crippen LogP contribution in [0.1, 0.15) is 44.3 Å². The molecule has 108 valence electrons. The summed E-state index contributed by atoms with van der Waals surface area (Å²) in [6.45, 7) is 3.59. The number of benzene rings is 1. The normalized spacial score (nSPS) is 12.6. The van der Waals surface area contributed by atoms with Gasteiger partial charge < -0.3 is 16.2 Å². The number of unbranched alkanes of at least 4 members (excludes halogenated alkanes) is 3. The molecule has 0 aliphatic carbocycles. The van der Waals surface area contributed by atoms with Gasteiger partial charge in [-0.15, -0.1) is 0 Å². The van der Waals surface area contributed by atoms with Crippen molar-refractivity contribution < 1.29 is 5.11 Å². The quantitative estimate of drug-likeness (QED) is 0.506. The number of aliphatic hydroxyl groups excluding tert-OH is 1. The zero-order valence-corrected chi connectivity index (χ0v) is 12.8. The Kier molecular flexibility index (Phi) is 7.54. The Morgan fingerprint density at radius 1 is 1.21 bits per heavy atom. The predicted molar refractivity (Wildman–Crippen MR) is 82.8 cm³/mol. The second kappa shape index (κ2) is 8.64.